The number of benzene rings is 1. The molecule has 0 bridgehead atoms. The molecule has 18 heavy (non-hydrogen) atoms. The van der Waals surface area contributed by atoms with Gasteiger partial charge in [-0.2, -0.15) is 13.2 Å². The monoisotopic (exact) mass is 277 g/mol. The summed E-state index contributed by atoms with van der Waals surface area (Å²) in [6.07, 6.45) is 1.61. The third-order valence-electron chi connectivity index (χ3n) is 2.60. The summed E-state index contributed by atoms with van der Waals surface area (Å²) in [6.45, 7) is 4.15. The van der Waals surface area contributed by atoms with Gasteiger partial charge in [-0.15, -0.1) is 0 Å². The van der Waals surface area contributed by atoms with Crippen LogP contribution in [0.3, 0.4) is 0 Å². The van der Waals surface area contributed by atoms with E-state index < -0.39 is 5.51 Å². The van der Waals surface area contributed by atoms with Crippen molar-refractivity contribution < 1.29 is 13.2 Å². The van der Waals surface area contributed by atoms with Gasteiger partial charge in [-0.05, 0) is 42.2 Å². The van der Waals surface area contributed by atoms with Gasteiger partial charge >= 0.3 is 5.51 Å². The Hall–Kier alpha value is -0.680. The molecule has 1 atom stereocenters. The van der Waals surface area contributed by atoms with Crippen molar-refractivity contribution in [3.05, 3.63) is 29.8 Å². The molecule has 0 radical (unpaired) electrons. The SMILES string of the molecule is CC(C)CC[C@@H](N)c1ccccc1SC(F)(F)F. The van der Waals surface area contributed by atoms with Gasteiger partial charge in [-0.25, -0.2) is 0 Å². The van der Waals surface area contributed by atoms with Crippen molar-refractivity contribution in [3.8, 4) is 0 Å². The zero-order valence-corrected chi connectivity index (χ0v) is 11.3. The number of hydrogen-bond acceptors (Lipinski definition) is 2. The van der Waals surface area contributed by atoms with E-state index in [9.17, 15) is 13.2 Å². The largest absolute Gasteiger partial charge is 0.446 e. The van der Waals surface area contributed by atoms with Crippen molar-refractivity contribution in [2.24, 2.45) is 11.7 Å². The molecule has 102 valence electrons. The van der Waals surface area contributed by atoms with Crippen molar-refractivity contribution in [1.29, 1.82) is 0 Å². The maximum absolute atomic E-state index is 12.4. The first-order chi connectivity index (χ1) is 8.29. The predicted molar refractivity (Wildman–Crippen MR) is 69.4 cm³/mol. The van der Waals surface area contributed by atoms with E-state index in [0.29, 0.717) is 17.9 Å². The zero-order valence-electron chi connectivity index (χ0n) is 10.5. The average Bonchev–Trinajstić information content (AvgIpc) is 2.24. The molecule has 0 spiro atoms. The molecule has 0 unspecified atom stereocenters. The summed E-state index contributed by atoms with van der Waals surface area (Å²) in [7, 11) is 0. The van der Waals surface area contributed by atoms with Crippen LogP contribution in [-0.2, 0) is 0 Å². The van der Waals surface area contributed by atoms with Crippen LogP contribution >= 0.6 is 11.8 Å². The Morgan fingerprint density at radius 3 is 2.33 bits per heavy atom. The van der Waals surface area contributed by atoms with Crippen LogP contribution in [0, 0.1) is 5.92 Å². The lowest BCUT2D eigenvalue weighted by molar-refractivity contribution is -0.0328. The molecule has 0 amide bonds. The van der Waals surface area contributed by atoms with Gasteiger partial charge in [-0.3, -0.25) is 0 Å². The zero-order chi connectivity index (χ0) is 13.8. The normalized spacial score (nSPS) is 13.9. The van der Waals surface area contributed by atoms with E-state index >= 15 is 0 Å². The van der Waals surface area contributed by atoms with Gasteiger partial charge in [0.1, 0.15) is 0 Å². The van der Waals surface area contributed by atoms with Crippen LogP contribution in [0.2, 0.25) is 0 Å². The molecule has 5 heteroatoms. The maximum atomic E-state index is 12.4. The van der Waals surface area contributed by atoms with Crippen molar-refractivity contribution in [1.82, 2.24) is 0 Å². The summed E-state index contributed by atoms with van der Waals surface area (Å²) in [5, 5.41) is 0. The second-order valence-electron chi connectivity index (χ2n) is 4.66. The highest BCUT2D eigenvalue weighted by Gasteiger charge is 2.30. The van der Waals surface area contributed by atoms with E-state index in [1.165, 1.54) is 6.07 Å². The van der Waals surface area contributed by atoms with E-state index in [0.717, 1.165) is 6.42 Å². The number of thioether (sulfide) groups is 1. The minimum absolute atomic E-state index is 0.0901. The van der Waals surface area contributed by atoms with Gasteiger partial charge in [-0.1, -0.05) is 32.0 Å². The minimum atomic E-state index is -4.27. The van der Waals surface area contributed by atoms with Crippen molar-refractivity contribution in [2.45, 2.75) is 43.1 Å². The van der Waals surface area contributed by atoms with E-state index in [4.69, 9.17) is 5.73 Å². The van der Waals surface area contributed by atoms with E-state index in [2.05, 4.69) is 13.8 Å². The highest BCUT2D eigenvalue weighted by molar-refractivity contribution is 8.00. The number of rotatable bonds is 5. The molecule has 0 saturated carbocycles. The van der Waals surface area contributed by atoms with Gasteiger partial charge in [0.05, 0.1) is 0 Å². The Labute approximate surface area is 110 Å². The van der Waals surface area contributed by atoms with Gasteiger partial charge in [0.15, 0.2) is 0 Å². The summed E-state index contributed by atoms with van der Waals surface area (Å²) >= 11 is -0.0901. The highest BCUT2D eigenvalue weighted by atomic mass is 32.2. The minimum Gasteiger partial charge on any atom is -0.324 e. The standard InChI is InChI=1S/C13H18F3NS/c1-9(2)7-8-11(17)10-5-3-4-6-12(10)18-13(14,15)16/h3-6,9,11H,7-8,17H2,1-2H3/t11-/m1/s1. The number of hydrogen-bond donors (Lipinski definition) is 1. The molecular formula is C13H18F3NS. The fraction of sp³-hybridized carbons (Fsp3) is 0.538. The van der Waals surface area contributed by atoms with Crippen LogP contribution < -0.4 is 5.73 Å². The van der Waals surface area contributed by atoms with E-state index in [1.807, 2.05) is 0 Å². The van der Waals surface area contributed by atoms with Crippen LogP contribution in [0.1, 0.15) is 38.3 Å². The molecule has 1 nitrogen and oxygen atoms in total. The Bertz CT molecular complexity index is 377. The molecule has 2 N–H and O–H groups in total. The molecule has 0 heterocycles. The van der Waals surface area contributed by atoms with Crippen LogP contribution in [0.25, 0.3) is 0 Å². The molecule has 1 rings (SSSR count). The van der Waals surface area contributed by atoms with Crippen LogP contribution in [0.4, 0.5) is 13.2 Å². The van der Waals surface area contributed by atoms with Crippen LogP contribution in [-0.4, -0.2) is 5.51 Å². The Balaban J connectivity index is 2.81. The van der Waals surface area contributed by atoms with Crippen molar-refractivity contribution in [2.75, 3.05) is 0 Å². The van der Waals surface area contributed by atoms with E-state index in [-0.39, 0.29) is 22.7 Å². The lowest BCUT2D eigenvalue weighted by Crippen LogP contribution is -2.13. The lowest BCUT2D eigenvalue weighted by atomic mass is 9.98. The second kappa shape index (κ2) is 6.48. The number of halogens is 3. The third kappa shape index (κ3) is 5.31. The van der Waals surface area contributed by atoms with Gasteiger partial charge < -0.3 is 5.73 Å². The van der Waals surface area contributed by atoms with Crippen LogP contribution in [0.15, 0.2) is 29.2 Å². The lowest BCUT2D eigenvalue weighted by Gasteiger charge is -2.17. The van der Waals surface area contributed by atoms with Crippen LogP contribution in [0.5, 0.6) is 0 Å². The quantitative estimate of drug-likeness (QED) is 0.787. The Kier molecular flexibility index (Phi) is 5.53. The third-order valence-corrected chi connectivity index (χ3v) is 3.42. The topological polar surface area (TPSA) is 26.0 Å². The predicted octanol–water partition coefficient (Wildman–Crippen LogP) is 4.73. The van der Waals surface area contributed by atoms with Gasteiger partial charge in [0.25, 0.3) is 0 Å². The summed E-state index contributed by atoms with van der Waals surface area (Å²) in [4.78, 5) is 0.209. The summed E-state index contributed by atoms with van der Waals surface area (Å²) in [5.74, 6) is 0.499. The second-order valence-corrected chi connectivity index (χ2v) is 5.77. The Morgan fingerprint density at radius 1 is 1.17 bits per heavy atom. The molecule has 0 aliphatic rings. The summed E-state index contributed by atoms with van der Waals surface area (Å²) < 4.78 is 37.3. The van der Waals surface area contributed by atoms with Crippen molar-refractivity contribution >= 4 is 11.8 Å². The smallest absolute Gasteiger partial charge is 0.324 e. The first-order valence-electron chi connectivity index (χ1n) is 5.90. The highest BCUT2D eigenvalue weighted by Crippen LogP contribution is 2.40. The van der Waals surface area contributed by atoms with Crippen molar-refractivity contribution in [3.63, 3.8) is 0 Å². The Morgan fingerprint density at radius 2 is 1.78 bits per heavy atom. The van der Waals surface area contributed by atoms with Gasteiger partial charge in [0, 0.05) is 10.9 Å². The molecule has 1 aromatic rings. The first kappa shape index (κ1) is 15.4. The first-order valence-corrected chi connectivity index (χ1v) is 6.71. The molecule has 0 aliphatic heterocycles. The van der Waals surface area contributed by atoms with E-state index in [1.54, 1.807) is 18.2 Å². The number of alkyl halides is 3. The molecule has 0 saturated heterocycles. The molecule has 0 aliphatic carbocycles. The molecule has 0 aromatic heterocycles. The summed E-state index contributed by atoms with van der Waals surface area (Å²) in [6, 6.07) is 6.15. The molecule has 1 aromatic carbocycles. The van der Waals surface area contributed by atoms with Gasteiger partial charge in [0.2, 0.25) is 0 Å². The maximum Gasteiger partial charge on any atom is 0.446 e. The molecular weight excluding hydrogens is 259 g/mol. The average molecular weight is 277 g/mol. The summed E-state index contributed by atoms with van der Waals surface area (Å²) in [5.41, 5.74) is 2.30. The fourth-order valence-electron chi connectivity index (χ4n) is 1.67. The number of nitrogens with two attached hydrogens (primary N) is 1. The molecule has 0 fully saturated rings. The fourth-order valence-corrected chi connectivity index (χ4v) is 2.41.